The third kappa shape index (κ3) is 3.09. The average molecular weight is 294 g/mol. The molecule has 2 nitrogen and oxygen atoms in total. The number of hydrogen-bond acceptors (Lipinski definition) is 1. The number of carbonyl (C=O) groups excluding carboxylic acids is 1. The maximum atomic E-state index is 12.2. The van der Waals surface area contributed by atoms with Crippen LogP contribution in [0.3, 0.4) is 0 Å². The fourth-order valence-corrected chi connectivity index (χ4v) is 2.21. The molecule has 98 valence electrons. The first-order valence-electron chi connectivity index (χ1n) is 5.81. The van der Waals surface area contributed by atoms with Crippen molar-refractivity contribution in [1.82, 2.24) is 0 Å². The molecule has 0 saturated heterocycles. The summed E-state index contributed by atoms with van der Waals surface area (Å²) in [5.41, 5.74) is 3.29. The van der Waals surface area contributed by atoms with Crippen LogP contribution in [0.15, 0.2) is 36.4 Å². The molecule has 0 aliphatic rings. The highest BCUT2D eigenvalue weighted by Crippen LogP contribution is 2.26. The van der Waals surface area contributed by atoms with Crippen LogP contribution < -0.4 is 5.32 Å². The number of amides is 1. The molecule has 19 heavy (non-hydrogen) atoms. The summed E-state index contributed by atoms with van der Waals surface area (Å²) < 4.78 is 0. The maximum Gasteiger partial charge on any atom is 0.257 e. The maximum absolute atomic E-state index is 12.2. The Morgan fingerprint density at radius 3 is 2.53 bits per heavy atom. The van der Waals surface area contributed by atoms with Crippen LogP contribution in [0.25, 0.3) is 0 Å². The lowest BCUT2D eigenvalue weighted by atomic mass is 10.1. The van der Waals surface area contributed by atoms with Crippen molar-refractivity contribution in [2.75, 3.05) is 5.32 Å². The van der Waals surface area contributed by atoms with Crippen LogP contribution >= 0.6 is 23.2 Å². The van der Waals surface area contributed by atoms with Gasteiger partial charge in [0, 0.05) is 5.69 Å². The summed E-state index contributed by atoms with van der Waals surface area (Å²) in [6.07, 6.45) is 0. The molecule has 0 radical (unpaired) electrons. The average Bonchev–Trinajstić information content (AvgIpc) is 2.36. The zero-order valence-corrected chi connectivity index (χ0v) is 12.1. The number of anilines is 1. The van der Waals surface area contributed by atoms with Gasteiger partial charge in [-0.2, -0.15) is 0 Å². The third-order valence-electron chi connectivity index (χ3n) is 2.83. The summed E-state index contributed by atoms with van der Waals surface area (Å²) in [7, 11) is 0. The van der Waals surface area contributed by atoms with Gasteiger partial charge in [-0.15, -0.1) is 0 Å². The van der Waals surface area contributed by atoms with E-state index in [-0.39, 0.29) is 10.9 Å². The van der Waals surface area contributed by atoms with Crippen molar-refractivity contribution in [3.05, 3.63) is 63.1 Å². The first kappa shape index (κ1) is 13.9. The number of carbonyl (C=O) groups is 1. The van der Waals surface area contributed by atoms with Gasteiger partial charge in [0.2, 0.25) is 0 Å². The van der Waals surface area contributed by atoms with Gasteiger partial charge in [-0.05, 0) is 37.6 Å². The Morgan fingerprint density at radius 1 is 1.11 bits per heavy atom. The topological polar surface area (TPSA) is 29.1 Å². The summed E-state index contributed by atoms with van der Waals surface area (Å²) in [6.45, 7) is 3.95. The Labute approximate surface area is 122 Å². The molecular formula is C15H13Cl2NO. The molecule has 0 bridgehead atoms. The molecule has 0 spiro atoms. The van der Waals surface area contributed by atoms with E-state index >= 15 is 0 Å². The quantitative estimate of drug-likeness (QED) is 0.841. The van der Waals surface area contributed by atoms with E-state index in [0.29, 0.717) is 10.6 Å². The number of halogens is 2. The molecule has 0 aliphatic heterocycles. The Hall–Kier alpha value is -1.51. The highest BCUT2D eigenvalue weighted by atomic mass is 35.5. The van der Waals surface area contributed by atoms with Crippen molar-refractivity contribution in [3.63, 3.8) is 0 Å². The standard InChI is InChI=1S/C15H13Cl2NO/c1-9-6-7-13(10(2)8-9)18-15(19)11-4-3-5-12(16)14(11)17/h3-8H,1-2H3,(H,18,19). The van der Waals surface area contributed by atoms with E-state index in [4.69, 9.17) is 23.2 Å². The van der Waals surface area contributed by atoms with Crippen molar-refractivity contribution >= 4 is 34.8 Å². The smallest absolute Gasteiger partial charge is 0.257 e. The summed E-state index contributed by atoms with van der Waals surface area (Å²) >= 11 is 11.9. The van der Waals surface area contributed by atoms with Gasteiger partial charge in [0.15, 0.2) is 0 Å². The monoisotopic (exact) mass is 293 g/mol. The van der Waals surface area contributed by atoms with Crippen molar-refractivity contribution < 1.29 is 4.79 Å². The van der Waals surface area contributed by atoms with E-state index in [0.717, 1.165) is 16.8 Å². The van der Waals surface area contributed by atoms with Gasteiger partial charge in [0.05, 0.1) is 15.6 Å². The second-order valence-electron chi connectivity index (χ2n) is 4.37. The van der Waals surface area contributed by atoms with Gasteiger partial charge >= 0.3 is 0 Å². The van der Waals surface area contributed by atoms with Gasteiger partial charge in [0.1, 0.15) is 0 Å². The van der Waals surface area contributed by atoms with Crippen LogP contribution in [0, 0.1) is 13.8 Å². The Kier molecular flexibility index (Phi) is 4.13. The van der Waals surface area contributed by atoms with Crippen LogP contribution in [0.5, 0.6) is 0 Å². The molecule has 2 aromatic rings. The van der Waals surface area contributed by atoms with Crippen LogP contribution in [0.2, 0.25) is 10.0 Å². The minimum Gasteiger partial charge on any atom is -0.322 e. The predicted molar refractivity (Wildman–Crippen MR) is 80.3 cm³/mol. The fraction of sp³-hybridized carbons (Fsp3) is 0.133. The number of rotatable bonds is 2. The predicted octanol–water partition coefficient (Wildman–Crippen LogP) is 4.86. The van der Waals surface area contributed by atoms with E-state index < -0.39 is 0 Å². The molecule has 0 aromatic heterocycles. The van der Waals surface area contributed by atoms with Crippen molar-refractivity contribution in [1.29, 1.82) is 0 Å². The molecule has 2 aromatic carbocycles. The van der Waals surface area contributed by atoms with E-state index in [1.807, 2.05) is 32.0 Å². The molecule has 0 atom stereocenters. The van der Waals surface area contributed by atoms with Gasteiger partial charge in [-0.25, -0.2) is 0 Å². The van der Waals surface area contributed by atoms with Gasteiger partial charge in [0.25, 0.3) is 5.91 Å². The Bertz CT molecular complexity index is 638. The van der Waals surface area contributed by atoms with Gasteiger partial charge in [-0.1, -0.05) is 47.0 Å². The first-order chi connectivity index (χ1) is 8.99. The zero-order valence-electron chi connectivity index (χ0n) is 10.6. The second kappa shape index (κ2) is 5.64. The molecule has 0 fully saturated rings. The Morgan fingerprint density at radius 2 is 1.84 bits per heavy atom. The first-order valence-corrected chi connectivity index (χ1v) is 6.57. The fourth-order valence-electron chi connectivity index (χ4n) is 1.82. The van der Waals surface area contributed by atoms with Crippen molar-refractivity contribution in [2.24, 2.45) is 0 Å². The lowest BCUT2D eigenvalue weighted by molar-refractivity contribution is 0.102. The highest BCUT2D eigenvalue weighted by Gasteiger charge is 2.13. The minimum atomic E-state index is -0.264. The molecule has 2 rings (SSSR count). The molecular weight excluding hydrogens is 281 g/mol. The Balaban J connectivity index is 2.28. The summed E-state index contributed by atoms with van der Waals surface area (Å²) in [6, 6.07) is 10.8. The number of benzene rings is 2. The SMILES string of the molecule is Cc1ccc(NC(=O)c2cccc(Cl)c2Cl)c(C)c1. The van der Waals surface area contributed by atoms with Crippen molar-refractivity contribution in [2.45, 2.75) is 13.8 Å². The molecule has 0 aliphatic carbocycles. The van der Waals surface area contributed by atoms with Crippen molar-refractivity contribution in [3.8, 4) is 0 Å². The normalized spacial score (nSPS) is 10.3. The number of nitrogens with one attached hydrogen (secondary N) is 1. The summed E-state index contributed by atoms with van der Waals surface area (Å²) in [5.74, 6) is -0.264. The minimum absolute atomic E-state index is 0.264. The van der Waals surface area contributed by atoms with Crippen LogP contribution in [0.4, 0.5) is 5.69 Å². The van der Waals surface area contributed by atoms with E-state index in [1.54, 1.807) is 18.2 Å². The summed E-state index contributed by atoms with van der Waals surface area (Å²) in [4.78, 5) is 12.2. The molecule has 0 heterocycles. The van der Waals surface area contributed by atoms with E-state index in [9.17, 15) is 4.79 Å². The number of aryl methyl sites for hydroxylation is 2. The molecule has 4 heteroatoms. The molecule has 0 saturated carbocycles. The largest absolute Gasteiger partial charge is 0.322 e. The van der Waals surface area contributed by atoms with Crippen LogP contribution in [-0.2, 0) is 0 Å². The lowest BCUT2D eigenvalue weighted by Crippen LogP contribution is -2.13. The molecule has 1 N–H and O–H groups in total. The van der Waals surface area contributed by atoms with E-state index in [2.05, 4.69) is 5.32 Å². The second-order valence-corrected chi connectivity index (χ2v) is 5.16. The third-order valence-corrected chi connectivity index (χ3v) is 3.65. The molecule has 1 amide bonds. The van der Waals surface area contributed by atoms with Gasteiger partial charge in [-0.3, -0.25) is 4.79 Å². The van der Waals surface area contributed by atoms with Gasteiger partial charge < -0.3 is 5.32 Å². The molecule has 0 unspecified atom stereocenters. The van der Waals surface area contributed by atoms with Crippen LogP contribution in [0.1, 0.15) is 21.5 Å². The summed E-state index contributed by atoms with van der Waals surface area (Å²) in [5, 5.41) is 3.48. The lowest BCUT2D eigenvalue weighted by Gasteiger charge is -2.10. The highest BCUT2D eigenvalue weighted by molar-refractivity contribution is 6.44. The zero-order chi connectivity index (χ0) is 14.0. The van der Waals surface area contributed by atoms with E-state index in [1.165, 1.54) is 0 Å². The van der Waals surface area contributed by atoms with Crippen LogP contribution in [-0.4, -0.2) is 5.91 Å². The number of hydrogen-bond donors (Lipinski definition) is 1.